The van der Waals surface area contributed by atoms with E-state index in [0.717, 1.165) is 16.5 Å². The van der Waals surface area contributed by atoms with Crippen LogP contribution in [0.25, 0.3) is 0 Å². The van der Waals surface area contributed by atoms with E-state index in [1.807, 2.05) is 6.08 Å². The van der Waals surface area contributed by atoms with Crippen LogP contribution in [0.4, 0.5) is 15.8 Å². The van der Waals surface area contributed by atoms with Crippen molar-refractivity contribution in [2.24, 2.45) is 29.1 Å². The number of fused-ring (bicyclic) bond motifs is 4. The average molecular weight is 619 g/mol. The van der Waals surface area contributed by atoms with E-state index in [4.69, 9.17) is 23.2 Å². The van der Waals surface area contributed by atoms with Crippen LogP contribution in [0.1, 0.15) is 31.2 Å². The summed E-state index contributed by atoms with van der Waals surface area (Å²) < 4.78 is 14.0. The Bertz CT molecular complexity index is 1780. The number of para-hydroxylation sites is 1. The number of rotatable bonds is 3. The maximum atomic E-state index is 14.4. The number of phenols is 1. The zero-order valence-corrected chi connectivity index (χ0v) is 24.3. The Morgan fingerprint density at radius 3 is 2.28 bits per heavy atom. The Balaban J connectivity index is 1.38. The van der Waals surface area contributed by atoms with Gasteiger partial charge in [0.15, 0.2) is 0 Å². The lowest BCUT2D eigenvalue weighted by Crippen LogP contribution is -2.49. The first-order valence-corrected chi connectivity index (χ1v) is 14.7. The molecular weight excluding hydrogens is 594 g/mol. The molecule has 0 unspecified atom stereocenters. The van der Waals surface area contributed by atoms with Gasteiger partial charge in [0.1, 0.15) is 11.6 Å². The Morgan fingerprint density at radius 1 is 0.837 bits per heavy atom. The third-order valence-electron chi connectivity index (χ3n) is 9.75. The largest absolute Gasteiger partial charge is 0.508 e. The van der Waals surface area contributed by atoms with Gasteiger partial charge in [0.05, 0.1) is 39.6 Å². The van der Waals surface area contributed by atoms with Gasteiger partial charge in [-0.05, 0) is 73.7 Å². The van der Waals surface area contributed by atoms with Crippen LogP contribution >= 0.6 is 23.2 Å². The van der Waals surface area contributed by atoms with Crippen molar-refractivity contribution < 1.29 is 28.7 Å². The highest BCUT2D eigenvalue weighted by atomic mass is 35.5. The van der Waals surface area contributed by atoms with Crippen molar-refractivity contribution in [1.82, 2.24) is 0 Å². The maximum Gasteiger partial charge on any atom is 0.241 e. The van der Waals surface area contributed by atoms with E-state index in [1.165, 1.54) is 29.2 Å². The molecule has 2 aliphatic carbocycles. The van der Waals surface area contributed by atoms with Crippen molar-refractivity contribution in [1.29, 1.82) is 0 Å². The predicted octanol–water partition coefficient (Wildman–Crippen LogP) is 6.27. The minimum atomic E-state index is -1.33. The highest BCUT2D eigenvalue weighted by molar-refractivity contribution is 6.32. The fourth-order valence-corrected chi connectivity index (χ4v) is 8.27. The molecular formula is C33H25Cl2FN2O5. The number of carbonyl (C=O) groups excluding carboxylic acids is 4. The third-order valence-corrected chi connectivity index (χ3v) is 10.4. The molecule has 4 amide bonds. The van der Waals surface area contributed by atoms with Gasteiger partial charge in [0.25, 0.3) is 0 Å². The third kappa shape index (κ3) is 3.85. The highest BCUT2D eigenvalue weighted by Gasteiger charge is 2.67. The van der Waals surface area contributed by atoms with Crippen LogP contribution < -0.4 is 9.80 Å². The smallest absolute Gasteiger partial charge is 0.241 e. The molecule has 2 aliphatic heterocycles. The number of imide groups is 2. The van der Waals surface area contributed by atoms with Gasteiger partial charge in [-0.1, -0.05) is 59.1 Å². The van der Waals surface area contributed by atoms with Crippen molar-refractivity contribution in [2.45, 2.75) is 25.7 Å². The molecule has 6 atom stereocenters. The van der Waals surface area contributed by atoms with E-state index < -0.39 is 52.6 Å². The fraction of sp³-hybridized carbons (Fsp3) is 0.273. The monoisotopic (exact) mass is 618 g/mol. The standard InChI is InChI=1S/C33H25Cl2FN2O5/c1-33-23(30(41)38(32(33)43)17-7-12-26(36)25(35)13-17)15-22-19(28(33)20-9-8-18(39)14-24(20)34)10-11-21-27(22)31(42)37(29(21)40)16-5-3-2-4-6-16/h2-10,12-14,21-23,27-28,39H,11,15H2,1H3/t21-,22+,23-,27-,28+,33+/m0/s1. The molecule has 0 radical (unpaired) electrons. The lowest BCUT2D eigenvalue weighted by Gasteiger charge is -2.49. The molecule has 1 saturated carbocycles. The molecule has 1 N–H and O–H groups in total. The van der Waals surface area contributed by atoms with Crippen LogP contribution in [-0.4, -0.2) is 28.7 Å². The summed E-state index contributed by atoms with van der Waals surface area (Å²) in [4.78, 5) is 58.5. The van der Waals surface area contributed by atoms with Crippen LogP contribution in [0.2, 0.25) is 10.0 Å². The molecule has 4 aliphatic rings. The number of amides is 4. The zero-order valence-electron chi connectivity index (χ0n) is 22.8. The molecule has 0 spiro atoms. The van der Waals surface area contributed by atoms with E-state index in [9.17, 15) is 28.7 Å². The summed E-state index contributed by atoms with van der Waals surface area (Å²) in [6.07, 6.45) is 2.38. The van der Waals surface area contributed by atoms with Crippen LogP contribution in [-0.2, 0) is 19.2 Å². The maximum absolute atomic E-state index is 14.4. The number of nitrogens with zero attached hydrogens (tertiary/aromatic N) is 2. The Morgan fingerprint density at radius 2 is 1.58 bits per heavy atom. The molecule has 7 rings (SSSR count). The van der Waals surface area contributed by atoms with Crippen molar-refractivity contribution in [3.05, 3.63) is 99.8 Å². The molecule has 2 saturated heterocycles. The number of hydrogen-bond donors (Lipinski definition) is 1. The summed E-state index contributed by atoms with van der Waals surface area (Å²) >= 11 is 12.7. The first-order chi connectivity index (χ1) is 20.5. The molecule has 7 nitrogen and oxygen atoms in total. The van der Waals surface area contributed by atoms with Crippen molar-refractivity contribution >= 4 is 58.2 Å². The Hall–Kier alpha value is -4.01. The second-order valence-corrected chi connectivity index (χ2v) is 12.6. The first kappa shape index (κ1) is 27.8. The summed E-state index contributed by atoms with van der Waals surface area (Å²) in [5.41, 5.74) is 0.587. The minimum Gasteiger partial charge on any atom is -0.508 e. The van der Waals surface area contributed by atoms with Gasteiger partial charge in [-0.2, -0.15) is 0 Å². The zero-order chi connectivity index (χ0) is 30.4. The molecule has 0 aromatic heterocycles. The van der Waals surface area contributed by atoms with Crippen LogP contribution in [0.3, 0.4) is 0 Å². The highest BCUT2D eigenvalue weighted by Crippen LogP contribution is 2.64. The van der Waals surface area contributed by atoms with Crippen LogP contribution in [0, 0.1) is 34.9 Å². The molecule has 3 aromatic carbocycles. The van der Waals surface area contributed by atoms with Crippen LogP contribution in [0.15, 0.2) is 78.4 Å². The second-order valence-electron chi connectivity index (χ2n) is 11.8. The van der Waals surface area contributed by atoms with E-state index >= 15 is 0 Å². The Kier molecular flexibility index (Phi) is 6.31. The van der Waals surface area contributed by atoms with Gasteiger partial charge < -0.3 is 5.11 Å². The number of aromatic hydroxyl groups is 1. The molecule has 2 heterocycles. The Labute approximate surface area is 256 Å². The summed E-state index contributed by atoms with van der Waals surface area (Å²) in [6.45, 7) is 1.72. The van der Waals surface area contributed by atoms with Crippen molar-refractivity contribution in [3.8, 4) is 5.75 Å². The second kappa shape index (κ2) is 9.76. The van der Waals surface area contributed by atoms with Gasteiger partial charge in [0.2, 0.25) is 23.6 Å². The predicted molar refractivity (Wildman–Crippen MR) is 158 cm³/mol. The summed E-state index contributed by atoms with van der Waals surface area (Å²) in [5, 5.41) is 10.1. The lowest BCUT2D eigenvalue weighted by molar-refractivity contribution is -0.131. The number of halogens is 3. The van der Waals surface area contributed by atoms with Crippen molar-refractivity contribution in [3.63, 3.8) is 0 Å². The summed E-state index contributed by atoms with van der Waals surface area (Å²) in [5.74, 6) is -5.85. The molecule has 0 bridgehead atoms. The number of allylic oxidation sites excluding steroid dienone is 2. The molecule has 10 heteroatoms. The number of phenolic OH excluding ortho intramolecular Hbond substituents is 1. The SMILES string of the molecule is C[C@@]12C(=O)N(c3ccc(F)c(Cl)c3)C(=O)[C@@H]1C[C@@H]1C(=CC[C@@H]3C(=O)N(c4ccccc4)C(=O)[C@@H]31)[C@@H]2c1ccc(O)cc1Cl. The topological polar surface area (TPSA) is 95.0 Å². The van der Waals surface area contributed by atoms with E-state index in [0.29, 0.717) is 11.3 Å². The summed E-state index contributed by atoms with van der Waals surface area (Å²) in [6, 6.07) is 16.9. The van der Waals surface area contributed by atoms with Crippen molar-refractivity contribution in [2.75, 3.05) is 9.80 Å². The van der Waals surface area contributed by atoms with Gasteiger partial charge in [-0.25, -0.2) is 9.29 Å². The van der Waals surface area contributed by atoms with E-state index in [-0.39, 0.29) is 46.1 Å². The van der Waals surface area contributed by atoms with Gasteiger partial charge >= 0.3 is 0 Å². The molecule has 43 heavy (non-hydrogen) atoms. The molecule has 3 fully saturated rings. The van der Waals surface area contributed by atoms with Gasteiger partial charge in [0, 0.05) is 10.9 Å². The number of hydrogen-bond acceptors (Lipinski definition) is 5. The normalized spacial score (nSPS) is 29.9. The number of benzene rings is 3. The molecule has 3 aromatic rings. The average Bonchev–Trinajstić information content (AvgIpc) is 3.35. The van der Waals surface area contributed by atoms with E-state index in [2.05, 4.69) is 0 Å². The fourth-order valence-electron chi connectivity index (χ4n) is 7.81. The van der Waals surface area contributed by atoms with Gasteiger partial charge in [-0.3, -0.25) is 24.1 Å². The van der Waals surface area contributed by atoms with Gasteiger partial charge in [-0.15, -0.1) is 0 Å². The van der Waals surface area contributed by atoms with Crippen LogP contribution in [0.5, 0.6) is 5.75 Å². The quantitative estimate of drug-likeness (QED) is 0.276. The number of carbonyl (C=O) groups is 4. The first-order valence-electron chi connectivity index (χ1n) is 14.0. The summed E-state index contributed by atoms with van der Waals surface area (Å²) in [7, 11) is 0. The van der Waals surface area contributed by atoms with E-state index in [1.54, 1.807) is 43.3 Å². The lowest BCUT2D eigenvalue weighted by atomic mass is 9.51. The minimum absolute atomic E-state index is 0.0630. The number of anilines is 2. The molecule has 218 valence electrons.